The van der Waals surface area contributed by atoms with Crippen LogP contribution in [-0.2, 0) is 43.1 Å². The highest BCUT2D eigenvalue weighted by Gasteiger charge is 2.37. The molecular formula is C26H32N2O5. The van der Waals surface area contributed by atoms with Crippen LogP contribution in [0.3, 0.4) is 0 Å². The molecule has 0 fully saturated rings. The predicted octanol–water partition coefficient (Wildman–Crippen LogP) is 2.44. The van der Waals surface area contributed by atoms with Crippen molar-refractivity contribution in [3.63, 3.8) is 0 Å². The summed E-state index contributed by atoms with van der Waals surface area (Å²) >= 11 is 0. The summed E-state index contributed by atoms with van der Waals surface area (Å²) in [5.41, 5.74) is 9.02. The highest BCUT2D eigenvalue weighted by atomic mass is 16.6. The first-order valence-corrected chi connectivity index (χ1v) is 11.4. The maximum atomic E-state index is 13.0. The minimum Gasteiger partial charge on any atom is -0.465 e. The molecule has 7 nitrogen and oxygen atoms in total. The number of aryl methyl sites for hydroxylation is 1. The molecule has 0 aromatic heterocycles. The van der Waals surface area contributed by atoms with Crippen LogP contribution >= 0.6 is 0 Å². The summed E-state index contributed by atoms with van der Waals surface area (Å²) in [7, 11) is 0. The minimum atomic E-state index is -0.905. The van der Waals surface area contributed by atoms with Crippen molar-refractivity contribution >= 4 is 17.9 Å². The highest BCUT2D eigenvalue weighted by Crippen LogP contribution is 2.28. The fourth-order valence-corrected chi connectivity index (χ4v) is 4.26. The van der Waals surface area contributed by atoms with E-state index in [0.29, 0.717) is 25.7 Å². The Kier molecular flexibility index (Phi) is 8.74. The predicted molar refractivity (Wildman–Crippen MR) is 124 cm³/mol. The van der Waals surface area contributed by atoms with E-state index in [1.807, 2.05) is 47.4 Å². The van der Waals surface area contributed by atoms with Crippen LogP contribution < -0.4 is 5.73 Å². The number of nitrogens with two attached hydrogens (primary N) is 1. The number of rotatable bonds is 10. The van der Waals surface area contributed by atoms with Crippen LogP contribution in [0.15, 0.2) is 54.6 Å². The van der Waals surface area contributed by atoms with Gasteiger partial charge in [0.15, 0.2) is 0 Å². The monoisotopic (exact) mass is 452 g/mol. The molecular weight excluding hydrogens is 420 g/mol. The van der Waals surface area contributed by atoms with Crippen molar-refractivity contribution in [2.45, 2.75) is 57.7 Å². The van der Waals surface area contributed by atoms with Crippen LogP contribution in [0, 0.1) is 0 Å². The highest BCUT2D eigenvalue weighted by molar-refractivity contribution is 5.89. The lowest BCUT2D eigenvalue weighted by Gasteiger charge is -2.34. The first-order chi connectivity index (χ1) is 15.9. The molecule has 0 heterocycles. The van der Waals surface area contributed by atoms with Gasteiger partial charge in [-0.25, -0.2) is 4.79 Å². The van der Waals surface area contributed by atoms with Crippen molar-refractivity contribution in [1.29, 1.82) is 0 Å². The van der Waals surface area contributed by atoms with E-state index in [0.717, 1.165) is 5.56 Å². The molecule has 1 aliphatic rings. The topological polar surface area (TPSA) is 98.9 Å². The van der Waals surface area contributed by atoms with Gasteiger partial charge in [0.25, 0.3) is 0 Å². The molecule has 7 heteroatoms. The van der Waals surface area contributed by atoms with Gasteiger partial charge in [0.1, 0.15) is 12.1 Å². The van der Waals surface area contributed by atoms with Crippen LogP contribution in [0.2, 0.25) is 0 Å². The fourth-order valence-electron chi connectivity index (χ4n) is 4.26. The number of nitrogens with zero attached hydrogens (tertiary/aromatic N) is 1. The van der Waals surface area contributed by atoms with Gasteiger partial charge in [-0.05, 0) is 56.2 Å². The van der Waals surface area contributed by atoms with Crippen molar-refractivity contribution in [2.75, 3.05) is 13.2 Å². The molecule has 3 rings (SSSR count). The number of fused-ring (bicyclic) bond motifs is 1. The molecule has 176 valence electrons. The standard InChI is InChI=1S/C26H32N2O5/c1-3-32-26(31)23(14-13-19-9-5-4-6-10-19)28(17-24(29)33-25(30)18(2)27)22-15-20-11-7-8-12-21(20)16-22/h4-12,18,22-23H,3,13-17,27H2,1-2H3/t18-,23?/m0/s1. The number of carbonyl (C=O) groups is 3. The van der Waals surface area contributed by atoms with Crippen molar-refractivity contribution in [1.82, 2.24) is 4.90 Å². The van der Waals surface area contributed by atoms with Crippen LogP contribution in [-0.4, -0.2) is 54.1 Å². The summed E-state index contributed by atoms with van der Waals surface area (Å²) < 4.78 is 10.3. The Morgan fingerprint density at radius 3 is 2.18 bits per heavy atom. The summed E-state index contributed by atoms with van der Waals surface area (Å²) in [6.07, 6.45) is 2.52. The van der Waals surface area contributed by atoms with E-state index < -0.39 is 24.0 Å². The molecule has 2 aromatic rings. The molecule has 33 heavy (non-hydrogen) atoms. The van der Waals surface area contributed by atoms with Crippen LogP contribution in [0.1, 0.15) is 37.0 Å². The molecule has 2 atom stereocenters. The third-order valence-electron chi connectivity index (χ3n) is 5.90. The number of ether oxygens (including phenoxy) is 2. The summed E-state index contributed by atoms with van der Waals surface area (Å²) in [6, 6.07) is 16.3. The lowest BCUT2D eigenvalue weighted by atomic mass is 10.0. The zero-order valence-electron chi connectivity index (χ0n) is 19.2. The average Bonchev–Trinajstić information content (AvgIpc) is 3.23. The van der Waals surface area contributed by atoms with Gasteiger partial charge in [0.05, 0.1) is 13.2 Å². The first kappa shape index (κ1) is 24.6. The fraction of sp³-hybridized carbons (Fsp3) is 0.423. The molecule has 0 amide bonds. The lowest BCUT2D eigenvalue weighted by Crippen LogP contribution is -2.51. The summed E-state index contributed by atoms with van der Waals surface area (Å²) in [5.74, 6) is -1.88. The Hall–Kier alpha value is -3.03. The Morgan fingerprint density at radius 2 is 1.61 bits per heavy atom. The quantitative estimate of drug-likeness (QED) is 0.437. The van der Waals surface area contributed by atoms with E-state index in [1.165, 1.54) is 18.1 Å². The Morgan fingerprint density at radius 1 is 1.00 bits per heavy atom. The molecule has 0 aliphatic heterocycles. The van der Waals surface area contributed by atoms with Crippen LogP contribution in [0.5, 0.6) is 0 Å². The minimum absolute atomic E-state index is 0.0921. The maximum Gasteiger partial charge on any atom is 0.330 e. The van der Waals surface area contributed by atoms with Crippen molar-refractivity contribution in [2.24, 2.45) is 5.73 Å². The number of hydrogen-bond donors (Lipinski definition) is 1. The third kappa shape index (κ3) is 6.73. The lowest BCUT2D eigenvalue weighted by molar-refractivity contribution is -0.163. The summed E-state index contributed by atoms with van der Waals surface area (Å²) in [6.45, 7) is 3.27. The second kappa shape index (κ2) is 11.7. The molecule has 0 spiro atoms. The molecule has 1 aliphatic carbocycles. The van der Waals surface area contributed by atoms with Gasteiger partial charge in [-0.2, -0.15) is 0 Å². The van der Waals surface area contributed by atoms with E-state index in [-0.39, 0.29) is 25.2 Å². The van der Waals surface area contributed by atoms with E-state index in [9.17, 15) is 14.4 Å². The van der Waals surface area contributed by atoms with Crippen molar-refractivity contribution in [3.05, 3.63) is 71.3 Å². The molecule has 0 saturated heterocycles. The molecule has 0 radical (unpaired) electrons. The second-order valence-corrected chi connectivity index (χ2v) is 8.38. The Labute approximate surface area is 194 Å². The first-order valence-electron chi connectivity index (χ1n) is 11.4. The van der Waals surface area contributed by atoms with Gasteiger partial charge in [-0.15, -0.1) is 0 Å². The van der Waals surface area contributed by atoms with E-state index in [2.05, 4.69) is 12.1 Å². The number of benzene rings is 2. The van der Waals surface area contributed by atoms with Gasteiger partial charge >= 0.3 is 17.9 Å². The molecule has 2 aromatic carbocycles. The number of carbonyl (C=O) groups excluding carboxylic acids is 3. The van der Waals surface area contributed by atoms with Gasteiger partial charge in [-0.1, -0.05) is 54.6 Å². The van der Waals surface area contributed by atoms with E-state index in [1.54, 1.807) is 6.92 Å². The number of esters is 3. The van der Waals surface area contributed by atoms with Crippen molar-refractivity contribution < 1.29 is 23.9 Å². The van der Waals surface area contributed by atoms with Crippen LogP contribution in [0.4, 0.5) is 0 Å². The van der Waals surface area contributed by atoms with Crippen molar-refractivity contribution in [3.8, 4) is 0 Å². The molecule has 0 bridgehead atoms. The van der Waals surface area contributed by atoms with E-state index >= 15 is 0 Å². The summed E-state index contributed by atoms with van der Waals surface area (Å²) in [4.78, 5) is 39.4. The Bertz CT molecular complexity index is 935. The van der Waals surface area contributed by atoms with Gasteiger partial charge in [0, 0.05) is 6.04 Å². The maximum absolute atomic E-state index is 13.0. The van der Waals surface area contributed by atoms with E-state index in [4.69, 9.17) is 15.2 Å². The normalized spacial score (nSPS) is 15.0. The average molecular weight is 453 g/mol. The van der Waals surface area contributed by atoms with Gasteiger partial charge in [0.2, 0.25) is 0 Å². The molecule has 2 N–H and O–H groups in total. The third-order valence-corrected chi connectivity index (χ3v) is 5.90. The molecule has 1 unspecified atom stereocenters. The van der Waals surface area contributed by atoms with Gasteiger partial charge in [-0.3, -0.25) is 14.5 Å². The second-order valence-electron chi connectivity index (χ2n) is 8.38. The zero-order chi connectivity index (χ0) is 23.8. The summed E-state index contributed by atoms with van der Waals surface area (Å²) in [5, 5.41) is 0. The Balaban J connectivity index is 1.84. The largest absolute Gasteiger partial charge is 0.465 e. The SMILES string of the molecule is CCOC(=O)C(CCc1ccccc1)N(CC(=O)OC(=O)[C@H](C)N)C1Cc2ccccc2C1. The molecule has 0 saturated carbocycles. The smallest absolute Gasteiger partial charge is 0.330 e. The van der Waals surface area contributed by atoms with Gasteiger partial charge < -0.3 is 15.2 Å². The zero-order valence-corrected chi connectivity index (χ0v) is 19.2. The number of hydrogen-bond acceptors (Lipinski definition) is 7. The van der Waals surface area contributed by atoms with Crippen LogP contribution in [0.25, 0.3) is 0 Å².